The molecule has 64 valence electrons. The molecule has 0 aliphatic carbocycles. The molecule has 0 fully saturated rings. The minimum atomic E-state index is -0.129. The second-order valence-corrected chi connectivity index (χ2v) is 2.35. The van der Waals surface area contributed by atoms with Crippen LogP contribution in [0.2, 0.25) is 0 Å². The highest BCUT2D eigenvalue weighted by atomic mass is 16.3. The second kappa shape index (κ2) is 3.73. The number of rotatable bonds is 2. The normalized spacial score (nSPS) is 9.42. The van der Waals surface area contributed by atoms with Gasteiger partial charge >= 0.3 is 0 Å². The zero-order valence-electron chi connectivity index (χ0n) is 6.54. The molecule has 12 heavy (non-hydrogen) atoms. The van der Waals surface area contributed by atoms with Crippen molar-refractivity contribution in [3.05, 3.63) is 29.8 Å². The number of nitrogens with two attached hydrogens (primary N) is 1. The molecular formula is C8H11N3O. The number of para-hydroxylation sites is 1. The number of guanidine groups is 1. The first-order valence-corrected chi connectivity index (χ1v) is 3.54. The van der Waals surface area contributed by atoms with Crippen molar-refractivity contribution in [2.75, 3.05) is 5.32 Å². The summed E-state index contributed by atoms with van der Waals surface area (Å²) in [7, 11) is 0. The molecule has 0 aliphatic heterocycles. The lowest BCUT2D eigenvalue weighted by atomic mass is 10.2. The molecule has 4 nitrogen and oxygen atoms in total. The molecule has 0 saturated carbocycles. The van der Waals surface area contributed by atoms with E-state index in [0.717, 1.165) is 5.56 Å². The molecule has 0 saturated heterocycles. The summed E-state index contributed by atoms with van der Waals surface area (Å²) < 4.78 is 0. The van der Waals surface area contributed by atoms with Crippen LogP contribution in [0.15, 0.2) is 24.3 Å². The van der Waals surface area contributed by atoms with E-state index in [1.54, 1.807) is 12.1 Å². The van der Waals surface area contributed by atoms with Crippen LogP contribution in [-0.4, -0.2) is 11.1 Å². The van der Waals surface area contributed by atoms with E-state index >= 15 is 0 Å². The number of benzene rings is 1. The molecule has 0 spiro atoms. The van der Waals surface area contributed by atoms with Gasteiger partial charge in [0, 0.05) is 11.3 Å². The predicted molar refractivity (Wildman–Crippen MR) is 47.9 cm³/mol. The van der Waals surface area contributed by atoms with Crippen LogP contribution in [0.25, 0.3) is 0 Å². The molecule has 0 bridgehead atoms. The highest BCUT2D eigenvalue weighted by Gasteiger charge is 1.98. The Morgan fingerprint density at radius 1 is 1.50 bits per heavy atom. The summed E-state index contributed by atoms with van der Waals surface area (Å²) >= 11 is 0. The van der Waals surface area contributed by atoms with Crippen LogP contribution in [0.1, 0.15) is 5.56 Å². The van der Waals surface area contributed by atoms with Gasteiger partial charge in [0.25, 0.3) is 0 Å². The van der Waals surface area contributed by atoms with Gasteiger partial charge in [-0.2, -0.15) is 0 Å². The number of hydrogen-bond acceptors (Lipinski definition) is 2. The number of anilines is 1. The number of nitrogens with one attached hydrogen (secondary N) is 2. The largest absolute Gasteiger partial charge is 0.392 e. The van der Waals surface area contributed by atoms with E-state index < -0.39 is 0 Å². The average molecular weight is 165 g/mol. The van der Waals surface area contributed by atoms with Gasteiger partial charge in [-0.05, 0) is 6.07 Å². The van der Waals surface area contributed by atoms with Crippen molar-refractivity contribution >= 4 is 11.6 Å². The zero-order chi connectivity index (χ0) is 8.97. The Morgan fingerprint density at radius 3 is 2.75 bits per heavy atom. The average Bonchev–Trinajstić information content (AvgIpc) is 2.04. The zero-order valence-corrected chi connectivity index (χ0v) is 6.54. The molecule has 0 unspecified atom stereocenters. The van der Waals surface area contributed by atoms with Crippen molar-refractivity contribution in [2.45, 2.75) is 6.61 Å². The van der Waals surface area contributed by atoms with Crippen molar-refractivity contribution in [2.24, 2.45) is 5.73 Å². The molecule has 0 aromatic heterocycles. The molecule has 0 atom stereocenters. The van der Waals surface area contributed by atoms with Gasteiger partial charge in [-0.25, -0.2) is 0 Å². The maximum Gasteiger partial charge on any atom is 0.190 e. The van der Waals surface area contributed by atoms with Gasteiger partial charge in [0.15, 0.2) is 5.96 Å². The summed E-state index contributed by atoms with van der Waals surface area (Å²) in [6.45, 7) is -0.0591. The molecule has 5 N–H and O–H groups in total. The fraction of sp³-hybridized carbons (Fsp3) is 0.125. The van der Waals surface area contributed by atoms with Crippen molar-refractivity contribution < 1.29 is 5.11 Å². The Balaban J connectivity index is 2.89. The molecule has 1 aromatic carbocycles. The van der Waals surface area contributed by atoms with Gasteiger partial charge in [-0.3, -0.25) is 5.41 Å². The number of aliphatic hydroxyl groups is 1. The molecule has 1 aromatic rings. The molecule has 0 radical (unpaired) electrons. The summed E-state index contributed by atoms with van der Waals surface area (Å²) in [6, 6.07) is 7.15. The van der Waals surface area contributed by atoms with Crippen LogP contribution in [0.3, 0.4) is 0 Å². The first kappa shape index (κ1) is 8.55. The lowest BCUT2D eigenvalue weighted by Crippen LogP contribution is -2.21. The predicted octanol–water partition coefficient (Wildman–Crippen LogP) is 0.484. The van der Waals surface area contributed by atoms with Crippen LogP contribution >= 0.6 is 0 Å². The van der Waals surface area contributed by atoms with Gasteiger partial charge < -0.3 is 16.2 Å². The van der Waals surface area contributed by atoms with Crippen LogP contribution in [0.5, 0.6) is 0 Å². The van der Waals surface area contributed by atoms with Gasteiger partial charge in [0.05, 0.1) is 6.61 Å². The van der Waals surface area contributed by atoms with Crippen LogP contribution in [0.4, 0.5) is 5.69 Å². The summed E-state index contributed by atoms with van der Waals surface area (Å²) in [6.07, 6.45) is 0. The Labute approximate surface area is 70.5 Å². The van der Waals surface area contributed by atoms with Crippen molar-refractivity contribution in [3.8, 4) is 0 Å². The molecule has 4 heteroatoms. The minimum absolute atomic E-state index is 0.0591. The van der Waals surface area contributed by atoms with Crippen LogP contribution < -0.4 is 11.1 Å². The summed E-state index contributed by atoms with van der Waals surface area (Å²) in [5.74, 6) is -0.129. The molecule has 0 aliphatic rings. The number of aliphatic hydroxyl groups excluding tert-OH is 1. The van der Waals surface area contributed by atoms with Crippen molar-refractivity contribution in [1.29, 1.82) is 5.41 Å². The Hall–Kier alpha value is -1.55. The monoisotopic (exact) mass is 165 g/mol. The second-order valence-electron chi connectivity index (χ2n) is 2.35. The third-order valence-corrected chi connectivity index (χ3v) is 1.46. The standard InChI is InChI=1S/C8H11N3O/c9-8(10)11-7-4-2-1-3-6(7)5-12/h1-4,12H,5H2,(H4,9,10,11). The first-order valence-electron chi connectivity index (χ1n) is 3.54. The van der Waals surface area contributed by atoms with Gasteiger partial charge in [0.1, 0.15) is 0 Å². The van der Waals surface area contributed by atoms with E-state index in [2.05, 4.69) is 5.32 Å². The first-order chi connectivity index (χ1) is 5.74. The molecule has 0 amide bonds. The maximum absolute atomic E-state index is 8.88. The van der Waals surface area contributed by atoms with E-state index in [9.17, 15) is 0 Å². The van der Waals surface area contributed by atoms with Gasteiger partial charge in [-0.15, -0.1) is 0 Å². The van der Waals surface area contributed by atoms with Gasteiger partial charge in [0.2, 0.25) is 0 Å². The Kier molecular flexibility index (Phi) is 2.66. The lowest BCUT2D eigenvalue weighted by molar-refractivity contribution is 0.282. The molecule has 0 heterocycles. The summed E-state index contributed by atoms with van der Waals surface area (Å²) in [5, 5.41) is 18.5. The molecular weight excluding hydrogens is 154 g/mol. The van der Waals surface area contributed by atoms with Crippen molar-refractivity contribution in [3.63, 3.8) is 0 Å². The van der Waals surface area contributed by atoms with Crippen molar-refractivity contribution in [1.82, 2.24) is 0 Å². The minimum Gasteiger partial charge on any atom is -0.392 e. The summed E-state index contributed by atoms with van der Waals surface area (Å²) in [4.78, 5) is 0. The van der Waals surface area contributed by atoms with Crippen LogP contribution in [-0.2, 0) is 6.61 Å². The van der Waals surface area contributed by atoms with E-state index in [-0.39, 0.29) is 12.6 Å². The Bertz CT molecular complexity index is 285. The smallest absolute Gasteiger partial charge is 0.190 e. The van der Waals surface area contributed by atoms with E-state index in [1.165, 1.54) is 0 Å². The van der Waals surface area contributed by atoms with E-state index in [4.69, 9.17) is 16.2 Å². The fourth-order valence-corrected chi connectivity index (χ4v) is 0.925. The third kappa shape index (κ3) is 1.96. The molecule has 1 rings (SSSR count). The Morgan fingerprint density at radius 2 is 2.17 bits per heavy atom. The highest BCUT2D eigenvalue weighted by molar-refractivity contribution is 5.90. The van der Waals surface area contributed by atoms with Gasteiger partial charge in [-0.1, -0.05) is 18.2 Å². The van der Waals surface area contributed by atoms with Crippen LogP contribution in [0, 0.1) is 5.41 Å². The topological polar surface area (TPSA) is 82.1 Å². The fourth-order valence-electron chi connectivity index (χ4n) is 0.925. The third-order valence-electron chi connectivity index (χ3n) is 1.46. The van der Waals surface area contributed by atoms with E-state index in [0.29, 0.717) is 5.69 Å². The highest BCUT2D eigenvalue weighted by Crippen LogP contribution is 2.13. The lowest BCUT2D eigenvalue weighted by Gasteiger charge is -2.07. The number of hydrogen-bond donors (Lipinski definition) is 4. The maximum atomic E-state index is 8.88. The SMILES string of the molecule is N=C(N)Nc1ccccc1CO. The summed E-state index contributed by atoms with van der Waals surface area (Å²) in [5.41, 5.74) is 6.54. The quantitative estimate of drug-likeness (QED) is 0.380. The van der Waals surface area contributed by atoms with E-state index in [1.807, 2.05) is 12.1 Å².